The van der Waals surface area contributed by atoms with Gasteiger partial charge in [0.1, 0.15) is 11.4 Å². The van der Waals surface area contributed by atoms with Gasteiger partial charge in [0.05, 0.1) is 0 Å². The molecule has 2 aromatic heterocycles. The van der Waals surface area contributed by atoms with Gasteiger partial charge >= 0.3 is 0 Å². The summed E-state index contributed by atoms with van der Waals surface area (Å²) in [5.74, 6) is 0.427. The highest BCUT2D eigenvalue weighted by Gasteiger charge is 2.09. The van der Waals surface area contributed by atoms with E-state index in [1.807, 2.05) is 0 Å². The van der Waals surface area contributed by atoms with E-state index in [1.165, 1.54) is 6.07 Å². The number of hydrogen-bond acceptors (Lipinski definition) is 3. The number of hydrogen-bond donors (Lipinski definition) is 3. The van der Waals surface area contributed by atoms with Crippen molar-refractivity contribution in [1.29, 1.82) is 0 Å². The number of H-pyrrole nitrogens is 2. The van der Waals surface area contributed by atoms with E-state index in [1.54, 1.807) is 25.4 Å². The summed E-state index contributed by atoms with van der Waals surface area (Å²) in [5.41, 5.74) is 0.484. The molecule has 0 spiro atoms. The minimum atomic E-state index is -0.372. The van der Waals surface area contributed by atoms with Crippen LogP contribution in [0.4, 0.5) is 0 Å². The zero-order valence-corrected chi connectivity index (χ0v) is 9.99. The van der Waals surface area contributed by atoms with Crippen LogP contribution in [0.15, 0.2) is 29.3 Å². The van der Waals surface area contributed by atoms with Gasteiger partial charge in [-0.3, -0.25) is 9.59 Å². The molecular weight excluding hydrogens is 232 g/mol. The van der Waals surface area contributed by atoms with E-state index in [9.17, 15) is 9.59 Å². The van der Waals surface area contributed by atoms with E-state index in [4.69, 9.17) is 0 Å². The Kier molecular flexibility index (Phi) is 3.57. The number of carbonyl (C=O) groups excluding carboxylic acids is 1. The molecule has 6 heteroatoms. The molecule has 0 saturated heterocycles. The zero-order chi connectivity index (χ0) is 13.0. The third-order valence-electron chi connectivity index (χ3n) is 2.50. The molecule has 0 aliphatic carbocycles. The highest BCUT2D eigenvalue weighted by atomic mass is 16.2. The summed E-state index contributed by atoms with van der Waals surface area (Å²) in [4.78, 5) is 32.9. The fraction of sp³-hybridized carbons (Fsp3) is 0.250. The van der Waals surface area contributed by atoms with Gasteiger partial charge in [-0.05, 0) is 19.1 Å². The van der Waals surface area contributed by atoms with Crippen LogP contribution in [-0.4, -0.2) is 27.4 Å². The normalized spacial score (nSPS) is 10.3. The third kappa shape index (κ3) is 2.85. The van der Waals surface area contributed by atoms with Crippen molar-refractivity contribution in [2.75, 3.05) is 6.54 Å². The molecule has 0 unspecified atom stereocenters. The summed E-state index contributed by atoms with van der Waals surface area (Å²) in [6.45, 7) is 2.19. The van der Waals surface area contributed by atoms with E-state index in [0.717, 1.165) is 11.5 Å². The van der Waals surface area contributed by atoms with Crippen LogP contribution < -0.4 is 10.9 Å². The second-order valence-corrected chi connectivity index (χ2v) is 3.93. The van der Waals surface area contributed by atoms with Gasteiger partial charge < -0.3 is 15.3 Å². The molecule has 18 heavy (non-hydrogen) atoms. The lowest BCUT2D eigenvalue weighted by molar-refractivity contribution is 0.0952. The Bertz CT molecular complexity index is 586. The summed E-state index contributed by atoms with van der Waals surface area (Å²) in [6.07, 6.45) is 3.98. The Morgan fingerprint density at radius 1 is 1.44 bits per heavy atom. The Labute approximate surface area is 103 Å². The van der Waals surface area contributed by atoms with E-state index >= 15 is 0 Å². The predicted molar refractivity (Wildman–Crippen MR) is 66.4 cm³/mol. The van der Waals surface area contributed by atoms with E-state index in [-0.39, 0.29) is 17.0 Å². The number of amides is 1. The molecule has 3 N–H and O–H groups in total. The standard InChI is InChI=1S/C12H14N4O2/c1-8-2-3-9(12(18)16-8)11(17)15-5-4-10-13-6-7-14-10/h2-3,6-7H,4-5H2,1H3,(H,13,14)(H,15,17)(H,16,18). The monoisotopic (exact) mass is 246 g/mol. The number of nitrogens with zero attached hydrogens (tertiary/aromatic N) is 1. The fourth-order valence-electron chi connectivity index (χ4n) is 1.58. The molecule has 0 fully saturated rings. The van der Waals surface area contributed by atoms with Crippen molar-refractivity contribution in [2.24, 2.45) is 0 Å². The quantitative estimate of drug-likeness (QED) is 0.728. The Morgan fingerprint density at radius 3 is 2.94 bits per heavy atom. The average Bonchev–Trinajstić information content (AvgIpc) is 2.81. The van der Waals surface area contributed by atoms with Gasteiger partial charge in [0, 0.05) is 31.1 Å². The molecule has 2 aromatic rings. The number of carbonyl (C=O) groups is 1. The lowest BCUT2D eigenvalue weighted by atomic mass is 10.2. The van der Waals surface area contributed by atoms with E-state index in [2.05, 4.69) is 20.3 Å². The molecule has 0 atom stereocenters. The molecule has 2 heterocycles. The zero-order valence-electron chi connectivity index (χ0n) is 9.99. The average molecular weight is 246 g/mol. The van der Waals surface area contributed by atoms with Crippen molar-refractivity contribution in [1.82, 2.24) is 20.3 Å². The SMILES string of the molecule is Cc1ccc(C(=O)NCCc2ncc[nH]2)c(=O)[nH]1. The van der Waals surface area contributed by atoms with Gasteiger partial charge in [0.15, 0.2) is 0 Å². The number of aromatic nitrogens is 3. The molecule has 2 rings (SSSR count). The molecule has 6 nitrogen and oxygen atoms in total. The van der Waals surface area contributed by atoms with E-state index in [0.29, 0.717) is 13.0 Å². The number of pyridine rings is 1. The first kappa shape index (κ1) is 12.1. The predicted octanol–water partition coefficient (Wildman–Crippen LogP) is 0.379. The maximum atomic E-state index is 11.7. The Balaban J connectivity index is 1.93. The minimum absolute atomic E-state index is 0.125. The maximum Gasteiger partial charge on any atom is 0.260 e. The maximum absolute atomic E-state index is 11.7. The summed E-state index contributed by atoms with van der Waals surface area (Å²) in [6, 6.07) is 3.22. The van der Waals surface area contributed by atoms with Gasteiger partial charge in [-0.2, -0.15) is 0 Å². The molecule has 0 radical (unpaired) electrons. The van der Waals surface area contributed by atoms with Gasteiger partial charge in [-0.1, -0.05) is 0 Å². The topological polar surface area (TPSA) is 90.6 Å². The summed E-state index contributed by atoms with van der Waals surface area (Å²) < 4.78 is 0. The van der Waals surface area contributed by atoms with E-state index < -0.39 is 0 Å². The van der Waals surface area contributed by atoms with Crippen LogP contribution in [0.5, 0.6) is 0 Å². The van der Waals surface area contributed by atoms with Crippen molar-refractivity contribution < 1.29 is 4.79 Å². The molecular formula is C12H14N4O2. The Morgan fingerprint density at radius 2 is 2.28 bits per heavy atom. The first-order valence-corrected chi connectivity index (χ1v) is 5.63. The number of aryl methyl sites for hydroxylation is 1. The van der Waals surface area contributed by atoms with Crippen LogP contribution in [0.3, 0.4) is 0 Å². The molecule has 94 valence electrons. The third-order valence-corrected chi connectivity index (χ3v) is 2.50. The van der Waals surface area contributed by atoms with Gasteiger partial charge in [-0.15, -0.1) is 0 Å². The van der Waals surface area contributed by atoms with Crippen molar-refractivity contribution in [2.45, 2.75) is 13.3 Å². The fourth-order valence-corrected chi connectivity index (χ4v) is 1.58. The van der Waals surface area contributed by atoms with Gasteiger partial charge in [-0.25, -0.2) is 4.98 Å². The van der Waals surface area contributed by atoms with Crippen LogP contribution in [0.2, 0.25) is 0 Å². The number of rotatable bonds is 4. The number of aromatic amines is 2. The van der Waals surface area contributed by atoms with Crippen molar-refractivity contribution in [3.63, 3.8) is 0 Å². The van der Waals surface area contributed by atoms with Crippen LogP contribution >= 0.6 is 0 Å². The lowest BCUT2D eigenvalue weighted by Gasteiger charge is -2.03. The summed E-state index contributed by atoms with van der Waals surface area (Å²) in [7, 11) is 0. The number of imidazole rings is 1. The molecule has 0 aliphatic heterocycles. The molecule has 1 amide bonds. The molecule has 0 bridgehead atoms. The molecule has 0 saturated carbocycles. The summed E-state index contributed by atoms with van der Waals surface area (Å²) in [5, 5.41) is 2.68. The van der Waals surface area contributed by atoms with Crippen LogP contribution in [-0.2, 0) is 6.42 Å². The van der Waals surface area contributed by atoms with Gasteiger partial charge in [0.25, 0.3) is 11.5 Å². The minimum Gasteiger partial charge on any atom is -0.351 e. The van der Waals surface area contributed by atoms with Crippen molar-refractivity contribution in [3.05, 3.63) is 52.0 Å². The van der Waals surface area contributed by atoms with Crippen molar-refractivity contribution in [3.8, 4) is 0 Å². The highest BCUT2D eigenvalue weighted by molar-refractivity contribution is 5.93. The van der Waals surface area contributed by atoms with Crippen molar-refractivity contribution >= 4 is 5.91 Å². The van der Waals surface area contributed by atoms with Crippen LogP contribution in [0.25, 0.3) is 0 Å². The highest BCUT2D eigenvalue weighted by Crippen LogP contribution is 1.94. The lowest BCUT2D eigenvalue weighted by Crippen LogP contribution is -2.31. The molecule has 0 aliphatic rings. The number of nitrogens with one attached hydrogen (secondary N) is 3. The van der Waals surface area contributed by atoms with Crippen LogP contribution in [0, 0.1) is 6.92 Å². The second-order valence-electron chi connectivity index (χ2n) is 3.93. The molecule has 0 aromatic carbocycles. The smallest absolute Gasteiger partial charge is 0.260 e. The first-order chi connectivity index (χ1) is 8.66. The van der Waals surface area contributed by atoms with Crippen LogP contribution in [0.1, 0.15) is 21.9 Å². The van der Waals surface area contributed by atoms with Gasteiger partial charge in [0.2, 0.25) is 0 Å². The first-order valence-electron chi connectivity index (χ1n) is 5.63. The second kappa shape index (κ2) is 5.31. The summed E-state index contributed by atoms with van der Waals surface area (Å²) >= 11 is 0. The Hall–Kier alpha value is -2.37. The largest absolute Gasteiger partial charge is 0.351 e.